The Labute approximate surface area is 111 Å². The molecular weight excluding hydrogens is 252 g/mol. The highest BCUT2D eigenvalue weighted by atomic mass is 35.5. The highest BCUT2D eigenvalue weighted by molar-refractivity contribution is 6.30. The summed E-state index contributed by atoms with van der Waals surface area (Å²) in [5, 5.41) is 7.70. The molecule has 2 heterocycles. The van der Waals surface area contributed by atoms with Gasteiger partial charge in [-0.25, -0.2) is 0 Å². The van der Waals surface area contributed by atoms with Crippen molar-refractivity contribution in [1.29, 1.82) is 0 Å². The Morgan fingerprint density at radius 2 is 2.22 bits per heavy atom. The summed E-state index contributed by atoms with van der Waals surface area (Å²) in [5.74, 6) is 1.63. The van der Waals surface area contributed by atoms with Gasteiger partial charge in [-0.1, -0.05) is 30.6 Å². The third-order valence-corrected chi connectivity index (χ3v) is 2.48. The first kappa shape index (κ1) is 13.0. The van der Waals surface area contributed by atoms with Gasteiger partial charge < -0.3 is 9.84 Å². The number of nitrogens with one attached hydrogen (secondary N) is 1. The number of rotatable bonds is 5. The van der Waals surface area contributed by atoms with E-state index in [1.54, 1.807) is 18.3 Å². The van der Waals surface area contributed by atoms with Crippen molar-refractivity contribution in [2.75, 3.05) is 6.54 Å². The van der Waals surface area contributed by atoms with Gasteiger partial charge in [-0.2, -0.15) is 4.98 Å². The van der Waals surface area contributed by atoms with Crippen molar-refractivity contribution < 1.29 is 4.52 Å². The van der Waals surface area contributed by atoms with Gasteiger partial charge in [-0.3, -0.25) is 4.98 Å². The Balaban J connectivity index is 1.99. The molecule has 2 aromatic rings. The minimum Gasteiger partial charge on any atom is -0.337 e. The summed E-state index contributed by atoms with van der Waals surface area (Å²) >= 11 is 5.77. The summed E-state index contributed by atoms with van der Waals surface area (Å²) < 4.78 is 5.13. The molecule has 0 aliphatic carbocycles. The molecule has 0 saturated heterocycles. The zero-order chi connectivity index (χ0) is 13.0. The normalized spacial score (nSPS) is 11.1. The minimum atomic E-state index is 0.480. The van der Waals surface area contributed by atoms with Crippen LogP contribution in [0.15, 0.2) is 22.9 Å². The molecule has 0 unspecified atom stereocenters. The van der Waals surface area contributed by atoms with Gasteiger partial charge in [0.1, 0.15) is 5.69 Å². The molecular formula is C12H15ClN4O. The Hall–Kier alpha value is -1.46. The molecule has 6 heteroatoms. The molecule has 18 heavy (non-hydrogen) atoms. The van der Waals surface area contributed by atoms with Crippen LogP contribution in [-0.2, 0) is 6.54 Å². The molecule has 96 valence electrons. The number of pyridine rings is 1. The molecule has 0 aromatic carbocycles. The van der Waals surface area contributed by atoms with E-state index in [2.05, 4.69) is 34.3 Å². The highest BCUT2D eigenvalue weighted by Crippen LogP contribution is 2.15. The van der Waals surface area contributed by atoms with Gasteiger partial charge in [0.25, 0.3) is 0 Å². The van der Waals surface area contributed by atoms with Crippen molar-refractivity contribution in [3.63, 3.8) is 0 Å². The van der Waals surface area contributed by atoms with Crippen molar-refractivity contribution in [1.82, 2.24) is 20.4 Å². The maximum atomic E-state index is 5.77. The fourth-order valence-electron chi connectivity index (χ4n) is 1.41. The Morgan fingerprint density at radius 3 is 2.89 bits per heavy atom. The molecule has 2 aromatic heterocycles. The van der Waals surface area contributed by atoms with E-state index < -0.39 is 0 Å². The number of hydrogen-bond acceptors (Lipinski definition) is 5. The van der Waals surface area contributed by atoms with E-state index in [1.807, 2.05) is 0 Å². The molecule has 0 aliphatic heterocycles. The maximum Gasteiger partial charge on any atom is 0.240 e. The van der Waals surface area contributed by atoms with Crippen molar-refractivity contribution in [2.45, 2.75) is 20.4 Å². The maximum absolute atomic E-state index is 5.77. The zero-order valence-electron chi connectivity index (χ0n) is 10.4. The van der Waals surface area contributed by atoms with Crippen LogP contribution < -0.4 is 5.32 Å². The average Bonchev–Trinajstić information content (AvgIpc) is 2.78. The minimum absolute atomic E-state index is 0.480. The first-order valence-corrected chi connectivity index (χ1v) is 6.18. The molecule has 0 spiro atoms. The van der Waals surface area contributed by atoms with Crippen LogP contribution in [0.2, 0.25) is 5.02 Å². The first-order chi connectivity index (χ1) is 8.65. The van der Waals surface area contributed by atoms with Crippen LogP contribution in [0.4, 0.5) is 0 Å². The Morgan fingerprint density at radius 1 is 1.39 bits per heavy atom. The van der Waals surface area contributed by atoms with Gasteiger partial charge >= 0.3 is 0 Å². The SMILES string of the molecule is CC(C)CNCc1nc(-c2ccc(Cl)cn2)no1. The Bertz CT molecular complexity index is 495. The summed E-state index contributed by atoms with van der Waals surface area (Å²) in [6.45, 7) is 5.77. The molecule has 0 bridgehead atoms. The lowest BCUT2D eigenvalue weighted by molar-refractivity contribution is 0.364. The van der Waals surface area contributed by atoms with Crippen molar-refractivity contribution >= 4 is 11.6 Å². The van der Waals surface area contributed by atoms with E-state index in [0.717, 1.165) is 6.54 Å². The largest absolute Gasteiger partial charge is 0.337 e. The number of aromatic nitrogens is 3. The standard InChI is InChI=1S/C12H15ClN4O/c1-8(2)5-14-7-11-16-12(17-18-11)10-4-3-9(13)6-15-10/h3-4,6,8,14H,5,7H2,1-2H3. The number of nitrogens with zero attached hydrogens (tertiary/aromatic N) is 3. The van der Waals surface area contributed by atoms with Crippen LogP contribution in [0.5, 0.6) is 0 Å². The second-order valence-electron chi connectivity index (χ2n) is 4.40. The molecule has 0 fully saturated rings. The molecule has 0 saturated carbocycles. The second kappa shape index (κ2) is 5.93. The molecule has 1 N–H and O–H groups in total. The van der Waals surface area contributed by atoms with E-state index in [4.69, 9.17) is 16.1 Å². The fourth-order valence-corrected chi connectivity index (χ4v) is 1.52. The Kier molecular flexibility index (Phi) is 4.28. The van der Waals surface area contributed by atoms with Crippen molar-refractivity contribution in [2.24, 2.45) is 5.92 Å². The van der Waals surface area contributed by atoms with Crippen LogP contribution in [0.25, 0.3) is 11.5 Å². The van der Waals surface area contributed by atoms with Crippen LogP contribution in [-0.4, -0.2) is 21.7 Å². The predicted octanol–water partition coefficient (Wildman–Crippen LogP) is 2.53. The zero-order valence-corrected chi connectivity index (χ0v) is 11.1. The highest BCUT2D eigenvalue weighted by Gasteiger charge is 2.09. The van der Waals surface area contributed by atoms with Crippen LogP contribution in [0, 0.1) is 5.92 Å². The van der Waals surface area contributed by atoms with E-state index in [1.165, 1.54) is 0 Å². The molecule has 5 nitrogen and oxygen atoms in total. The van der Waals surface area contributed by atoms with E-state index in [-0.39, 0.29) is 0 Å². The predicted molar refractivity (Wildman–Crippen MR) is 69.1 cm³/mol. The third kappa shape index (κ3) is 3.51. The number of hydrogen-bond donors (Lipinski definition) is 1. The smallest absolute Gasteiger partial charge is 0.240 e. The van der Waals surface area contributed by atoms with Gasteiger partial charge in [-0.15, -0.1) is 0 Å². The van der Waals surface area contributed by atoms with Crippen molar-refractivity contribution in [3.8, 4) is 11.5 Å². The van der Waals surface area contributed by atoms with Gasteiger partial charge in [-0.05, 0) is 24.6 Å². The monoisotopic (exact) mass is 266 g/mol. The van der Waals surface area contributed by atoms with Gasteiger partial charge in [0, 0.05) is 6.20 Å². The topological polar surface area (TPSA) is 63.8 Å². The third-order valence-electron chi connectivity index (χ3n) is 2.25. The summed E-state index contributed by atoms with van der Waals surface area (Å²) in [6.07, 6.45) is 1.56. The lowest BCUT2D eigenvalue weighted by Crippen LogP contribution is -2.19. The lowest BCUT2D eigenvalue weighted by atomic mass is 10.2. The summed E-state index contributed by atoms with van der Waals surface area (Å²) in [7, 11) is 0. The van der Waals surface area contributed by atoms with Gasteiger partial charge in [0.15, 0.2) is 0 Å². The lowest BCUT2D eigenvalue weighted by Gasteiger charge is -2.03. The molecule has 0 atom stereocenters. The molecule has 0 aliphatic rings. The second-order valence-corrected chi connectivity index (χ2v) is 4.83. The molecule has 0 amide bonds. The average molecular weight is 267 g/mol. The van der Waals surface area contributed by atoms with Crippen molar-refractivity contribution in [3.05, 3.63) is 29.2 Å². The van der Waals surface area contributed by atoms with Crippen LogP contribution in [0.1, 0.15) is 19.7 Å². The van der Waals surface area contributed by atoms with Gasteiger partial charge in [0.2, 0.25) is 11.7 Å². The molecule has 2 rings (SSSR count). The summed E-state index contributed by atoms with van der Waals surface area (Å²) in [5.41, 5.74) is 0.651. The molecule has 0 radical (unpaired) electrons. The quantitative estimate of drug-likeness (QED) is 0.901. The van der Waals surface area contributed by atoms with Crippen LogP contribution in [0.3, 0.4) is 0 Å². The van der Waals surface area contributed by atoms with E-state index in [0.29, 0.717) is 34.9 Å². The van der Waals surface area contributed by atoms with E-state index >= 15 is 0 Å². The van der Waals surface area contributed by atoms with Gasteiger partial charge in [0.05, 0.1) is 11.6 Å². The first-order valence-electron chi connectivity index (χ1n) is 5.80. The summed E-state index contributed by atoms with van der Waals surface area (Å²) in [4.78, 5) is 8.39. The summed E-state index contributed by atoms with van der Waals surface area (Å²) in [6, 6.07) is 3.51. The number of halogens is 1. The van der Waals surface area contributed by atoms with Crippen LogP contribution >= 0.6 is 11.6 Å². The van der Waals surface area contributed by atoms with E-state index in [9.17, 15) is 0 Å². The fraction of sp³-hybridized carbons (Fsp3) is 0.417.